The molecule has 0 saturated heterocycles. The Kier molecular flexibility index (Phi) is 6.75. The molecule has 2 N–H and O–H groups in total. The summed E-state index contributed by atoms with van der Waals surface area (Å²) >= 11 is 0. The second-order valence-corrected chi connectivity index (χ2v) is 7.22. The summed E-state index contributed by atoms with van der Waals surface area (Å²) < 4.78 is 10.8. The Morgan fingerprint density at radius 2 is 1.93 bits per heavy atom. The van der Waals surface area contributed by atoms with Crippen LogP contribution in [0.15, 0.2) is 42.5 Å². The largest absolute Gasteiger partial charge is 0.493 e. The number of imidazole rings is 1. The van der Waals surface area contributed by atoms with Crippen molar-refractivity contribution < 1.29 is 14.3 Å². The third-order valence-electron chi connectivity index (χ3n) is 5.34. The van der Waals surface area contributed by atoms with Gasteiger partial charge in [-0.1, -0.05) is 44.5 Å². The SMILES string of the molecule is CC[C@@H](C)[C@@H](NC(=O)CCc1cccc(OC)c1OC)c1nc2ccccc2[nH]1. The van der Waals surface area contributed by atoms with Gasteiger partial charge in [0.15, 0.2) is 11.5 Å². The normalized spacial score (nSPS) is 13.1. The van der Waals surface area contributed by atoms with Crippen molar-refractivity contribution in [2.45, 2.75) is 39.2 Å². The van der Waals surface area contributed by atoms with Crippen LogP contribution >= 0.6 is 0 Å². The van der Waals surface area contributed by atoms with E-state index in [1.807, 2.05) is 42.5 Å². The summed E-state index contributed by atoms with van der Waals surface area (Å²) in [5.41, 5.74) is 2.84. The number of aromatic nitrogens is 2. The second-order valence-electron chi connectivity index (χ2n) is 7.22. The Hall–Kier alpha value is -3.02. The van der Waals surface area contributed by atoms with Gasteiger partial charge in [-0.15, -0.1) is 0 Å². The van der Waals surface area contributed by atoms with Crippen LogP contribution in [0.2, 0.25) is 0 Å². The number of carbonyl (C=O) groups is 1. The van der Waals surface area contributed by atoms with E-state index in [0.717, 1.165) is 28.8 Å². The Labute approximate surface area is 171 Å². The van der Waals surface area contributed by atoms with E-state index in [-0.39, 0.29) is 17.9 Å². The molecule has 0 unspecified atom stereocenters. The van der Waals surface area contributed by atoms with Crippen LogP contribution in [0.5, 0.6) is 11.5 Å². The number of benzene rings is 2. The molecule has 3 rings (SSSR count). The molecule has 2 aromatic carbocycles. The number of para-hydroxylation sites is 3. The number of nitrogens with zero attached hydrogens (tertiary/aromatic N) is 1. The number of aryl methyl sites for hydroxylation is 1. The van der Waals surface area contributed by atoms with Crippen LogP contribution in [-0.4, -0.2) is 30.1 Å². The van der Waals surface area contributed by atoms with E-state index in [4.69, 9.17) is 14.5 Å². The van der Waals surface area contributed by atoms with Crippen LogP contribution in [-0.2, 0) is 11.2 Å². The molecule has 3 aromatic rings. The lowest BCUT2D eigenvalue weighted by Gasteiger charge is -2.22. The van der Waals surface area contributed by atoms with Crippen molar-refractivity contribution in [2.24, 2.45) is 5.92 Å². The van der Waals surface area contributed by atoms with Gasteiger partial charge in [0.2, 0.25) is 5.91 Å². The number of nitrogens with one attached hydrogen (secondary N) is 2. The van der Waals surface area contributed by atoms with Crippen molar-refractivity contribution >= 4 is 16.9 Å². The molecule has 0 fully saturated rings. The monoisotopic (exact) mass is 395 g/mol. The minimum atomic E-state index is -0.160. The van der Waals surface area contributed by atoms with E-state index in [0.29, 0.717) is 24.3 Å². The zero-order valence-corrected chi connectivity index (χ0v) is 17.5. The Morgan fingerprint density at radius 1 is 1.14 bits per heavy atom. The number of rotatable bonds is 9. The van der Waals surface area contributed by atoms with Crippen LogP contribution in [0.1, 0.15) is 44.1 Å². The van der Waals surface area contributed by atoms with E-state index in [1.165, 1.54) is 0 Å². The molecule has 1 heterocycles. The first-order valence-corrected chi connectivity index (χ1v) is 10.0. The number of amides is 1. The topological polar surface area (TPSA) is 76.2 Å². The molecule has 6 nitrogen and oxygen atoms in total. The van der Waals surface area contributed by atoms with Gasteiger partial charge in [0.25, 0.3) is 0 Å². The Balaban J connectivity index is 1.73. The second kappa shape index (κ2) is 9.45. The Bertz CT molecular complexity index is 934. The summed E-state index contributed by atoms with van der Waals surface area (Å²) in [5, 5.41) is 3.18. The Morgan fingerprint density at radius 3 is 2.62 bits per heavy atom. The van der Waals surface area contributed by atoms with Gasteiger partial charge in [0.05, 0.1) is 31.3 Å². The summed E-state index contributed by atoms with van der Waals surface area (Å²) in [6.45, 7) is 4.25. The summed E-state index contributed by atoms with van der Waals surface area (Å²) in [6.07, 6.45) is 1.86. The maximum Gasteiger partial charge on any atom is 0.220 e. The van der Waals surface area contributed by atoms with Crippen LogP contribution in [0.25, 0.3) is 11.0 Å². The molecule has 0 aliphatic carbocycles. The molecule has 0 bridgehead atoms. The molecule has 0 aliphatic rings. The zero-order chi connectivity index (χ0) is 20.8. The highest BCUT2D eigenvalue weighted by Crippen LogP contribution is 2.31. The number of ether oxygens (including phenoxy) is 2. The van der Waals surface area contributed by atoms with Crippen LogP contribution in [0.4, 0.5) is 0 Å². The molecule has 6 heteroatoms. The maximum absolute atomic E-state index is 12.8. The lowest BCUT2D eigenvalue weighted by molar-refractivity contribution is -0.122. The lowest BCUT2D eigenvalue weighted by Crippen LogP contribution is -2.33. The number of fused-ring (bicyclic) bond motifs is 1. The minimum Gasteiger partial charge on any atom is -0.493 e. The van der Waals surface area contributed by atoms with Crippen molar-refractivity contribution in [1.82, 2.24) is 15.3 Å². The summed E-state index contributed by atoms with van der Waals surface area (Å²) in [5.74, 6) is 2.39. The van der Waals surface area contributed by atoms with Gasteiger partial charge in [-0.3, -0.25) is 4.79 Å². The molecule has 1 aromatic heterocycles. The van der Waals surface area contributed by atoms with Gasteiger partial charge in [-0.25, -0.2) is 4.98 Å². The average Bonchev–Trinajstić information content (AvgIpc) is 3.18. The highest BCUT2D eigenvalue weighted by atomic mass is 16.5. The first kappa shape index (κ1) is 20.7. The molecule has 0 aliphatic heterocycles. The standard InChI is InChI=1S/C23H29N3O3/c1-5-15(2)21(23-24-17-10-6-7-11-18(17)25-23)26-20(27)14-13-16-9-8-12-19(28-3)22(16)29-4/h6-12,15,21H,5,13-14H2,1-4H3,(H,24,25)(H,26,27)/t15-,21-/m1/s1. The predicted octanol–water partition coefficient (Wildman–Crippen LogP) is 4.42. The van der Waals surface area contributed by atoms with Crippen molar-refractivity contribution in [2.75, 3.05) is 14.2 Å². The molecular weight excluding hydrogens is 366 g/mol. The average molecular weight is 396 g/mol. The first-order chi connectivity index (χ1) is 14.1. The number of hydrogen-bond donors (Lipinski definition) is 2. The third-order valence-corrected chi connectivity index (χ3v) is 5.34. The quantitative estimate of drug-likeness (QED) is 0.562. The van der Waals surface area contributed by atoms with Crippen molar-refractivity contribution in [3.63, 3.8) is 0 Å². The van der Waals surface area contributed by atoms with Gasteiger partial charge < -0.3 is 19.8 Å². The van der Waals surface area contributed by atoms with E-state index in [2.05, 4.69) is 24.1 Å². The number of H-pyrrole nitrogens is 1. The highest BCUT2D eigenvalue weighted by molar-refractivity contribution is 5.78. The molecule has 2 atom stereocenters. The van der Waals surface area contributed by atoms with Gasteiger partial charge in [0, 0.05) is 6.42 Å². The van der Waals surface area contributed by atoms with Crippen molar-refractivity contribution in [3.8, 4) is 11.5 Å². The van der Waals surface area contributed by atoms with Crippen molar-refractivity contribution in [3.05, 3.63) is 53.9 Å². The minimum absolute atomic E-state index is 0.0133. The van der Waals surface area contributed by atoms with Gasteiger partial charge in [0.1, 0.15) is 5.82 Å². The molecule has 0 saturated carbocycles. The fraction of sp³-hybridized carbons (Fsp3) is 0.391. The summed E-state index contributed by atoms with van der Waals surface area (Å²) in [7, 11) is 3.22. The molecular formula is C23H29N3O3. The number of hydrogen-bond acceptors (Lipinski definition) is 4. The van der Waals surface area contributed by atoms with Crippen molar-refractivity contribution in [1.29, 1.82) is 0 Å². The van der Waals surface area contributed by atoms with E-state index in [9.17, 15) is 4.79 Å². The molecule has 1 amide bonds. The van der Waals surface area contributed by atoms with Gasteiger partial charge in [-0.05, 0) is 36.1 Å². The fourth-order valence-corrected chi connectivity index (χ4v) is 3.48. The fourth-order valence-electron chi connectivity index (χ4n) is 3.48. The molecule has 29 heavy (non-hydrogen) atoms. The smallest absolute Gasteiger partial charge is 0.220 e. The van der Waals surface area contributed by atoms with Crippen LogP contribution in [0.3, 0.4) is 0 Å². The molecule has 0 spiro atoms. The maximum atomic E-state index is 12.8. The van der Waals surface area contributed by atoms with Gasteiger partial charge in [-0.2, -0.15) is 0 Å². The van der Waals surface area contributed by atoms with E-state index in [1.54, 1.807) is 14.2 Å². The molecule has 154 valence electrons. The number of aromatic amines is 1. The van der Waals surface area contributed by atoms with Gasteiger partial charge >= 0.3 is 0 Å². The lowest BCUT2D eigenvalue weighted by atomic mass is 9.98. The third kappa shape index (κ3) is 4.70. The zero-order valence-electron chi connectivity index (χ0n) is 17.5. The van der Waals surface area contributed by atoms with E-state index < -0.39 is 0 Å². The first-order valence-electron chi connectivity index (χ1n) is 10.0. The number of carbonyl (C=O) groups excluding carboxylic acids is 1. The van der Waals surface area contributed by atoms with E-state index >= 15 is 0 Å². The summed E-state index contributed by atoms with van der Waals surface area (Å²) in [4.78, 5) is 20.8. The van der Waals surface area contributed by atoms with Crippen LogP contribution < -0.4 is 14.8 Å². The highest BCUT2D eigenvalue weighted by Gasteiger charge is 2.23. The molecule has 0 radical (unpaired) electrons. The predicted molar refractivity (Wildman–Crippen MR) is 114 cm³/mol. The summed E-state index contributed by atoms with van der Waals surface area (Å²) in [6, 6.07) is 13.5. The van der Waals surface area contributed by atoms with Crippen LogP contribution in [0, 0.1) is 5.92 Å². The number of methoxy groups -OCH3 is 2.